The van der Waals surface area contributed by atoms with Gasteiger partial charge in [-0.05, 0) is 12.1 Å². The van der Waals surface area contributed by atoms with Gasteiger partial charge in [-0.2, -0.15) is 0 Å². The quantitative estimate of drug-likeness (QED) is 0.547. The number of carbonyl (C=O) groups excluding carboxylic acids is 1. The number of benzene rings is 2. The maximum absolute atomic E-state index is 12.1. The normalized spacial score (nSPS) is 10.5. The van der Waals surface area contributed by atoms with E-state index in [0.29, 0.717) is 26.4 Å². The summed E-state index contributed by atoms with van der Waals surface area (Å²) in [5.41, 5.74) is 7.39. The molecule has 0 unspecified atom stereocenters. The van der Waals surface area contributed by atoms with Crippen LogP contribution in [0.15, 0.2) is 47.8 Å². The minimum atomic E-state index is -0.257. The van der Waals surface area contributed by atoms with Gasteiger partial charge in [0.1, 0.15) is 5.01 Å². The molecule has 2 N–H and O–H groups in total. The fourth-order valence-corrected chi connectivity index (χ4v) is 3.84. The van der Waals surface area contributed by atoms with E-state index >= 15 is 0 Å². The molecule has 0 bridgehead atoms. The Morgan fingerprint density at radius 1 is 1.08 bits per heavy atom. The zero-order valence-electron chi connectivity index (χ0n) is 12.7. The van der Waals surface area contributed by atoms with Gasteiger partial charge in [-0.25, -0.2) is 4.98 Å². The largest absolute Gasteiger partial charge is 0.296 e. The van der Waals surface area contributed by atoms with Gasteiger partial charge < -0.3 is 0 Å². The van der Waals surface area contributed by atoms with Crippen LogP contribution in [-0.2, 0) is 11.2 Å². The van der Waals surface area contributed by atoms with E-state index in [1.54, 1.807) is 0 Å². The standard InChI is InChI=1S/C17H12Cl3N3OS/c18-11-6-13(19)16(14(20)7-11)23-22-15(24)8-12-9-25-17(21-12)10-4-2-1-3-5-10/h1-7,9,23H,8H2,(H,22,24). The van der Waals surface area contributed by atoms with Gasteiger partial charge in [-0.3, -0.25) is 15.6 Å². The van der Waals surface area contributed by atoms with E-state index < -0.39 is 0 Å². The number of anilines is 1. The molecule has 4 nitrogen and oxygen atoms in total. The van der Waals surface area contributed by atoms with Crippen LogP contribution in [0.1, 0.15) is 5.69 Å². The lowest BCUT2D eigenvalue weighted by molar-refractivity contribution is -0.120. The van der Waals surface area contributed by atoms with Crippen LogP contribution in [0.4, 0.5) is 5.69 Å². The van der Waals surface area contributed by atoms with E-state index in [0.717, 1.165) is 10.6 Å². The lowest BCUT2D eigenvalue weighted by Crippen LogP contribution is -2.31. The first kappa shape index (κ1) is 18.0. The number of halogens is 3. The molecule has 2 aromatic carbocycles. The maximum atomic E-state index is 12.1. The Labute approximate surface area is 163 Å². The van der Waals surface area contributed by atoms with E-state index in [9.17, 15) is 4.79 Å². The number of rotatable bonds is 5. The molecular formula is C17H12Cl3N3OS. The van der Waals surface area contributed by atoms with Crippen LogP contribution in [0.25, 0.3) is 10.6 Å². The molecule has 0 aliphatic rings. The predicted molar refractivity (Wildman–Crippen MR) is 104 cm³/mol. The van der Waals surface area contributed by atoms with Crippen molar-refractivity contribution in [3.05, 3.63) is 68.6 Å². The van der Waals surface area contributed by atoms with Crippen LogP contribution in [0.5, 0.6) is 0 Å². The Hall–Kier alpha value is -1.79. The van der Waals surface area contributed by atoms with Crippen LogP contribution < -0.4 is 10.9 Å². The molecule has 25 heavy (non-hydrogen) atoms. The average molecular weight is 413 g/mol. The van der Waals surface area contributed by atoms with E-state index in [4.69, 9.17) is 34.8 Å². The van der Waals surface area contributed by atoms with Crippen molar-refractivity contribution in [2.24, 2.45) is 0 Å². The second-order valence-electron chi connectivity index (χ2n) is 5.10. The van der Waals surface area contributed by atoms with Crippen LogP contribution in [0.2, 0.25) is 15.1 Å². The number of hydrogen-bond donors (Lipinski definition) is 2. The van der Waals surface area contributed by atoms with Crippen molar-refractivity contribution in [1.29, 1.82) is 0 Å². The van der Waals surface area contributed by atoms with E-state index in [1.807, 2.05) is 35.7 Å². The molecular weight excluding hydrogens is 401 g/mol. The number of carbonyl (C=O) groups is 1. The SMILES string of the molecule is O=C(Cc1csc(-c2ccccc2)n1)NNc1c(Cl)cc(Cl)cc1Cl. The molecule has 1 aromatic heterocycles. The second-order valence-corrected chi connectivity index (χ2v) is 7.21. The third-order valence-corrected chi connectivity index (χ3v) is 5.00. The molecule has 0 radical (unpaired) electrons. The molecule has 0 fully saturated rings. The second kappa shape index (κ2) is 8.06. The zero-order valence-corrected chi connectivity index (χ0v) is 15.8. The van der Waals surface area contributed by atoms with Gasteiger partial charge in [0, 0.05) is 16.0 Å². The Bertz CT molecular complexity index is 876. The summed E-state index contributed by atoms with van der Waals surface area (Å²) in [5, 5.41) is 3.79. The van der Waals surface area contributed by atoms with Crippen LogP contribution in [-0.4, -0.2) is 10.9 Å². The molecule has 0 aliphatic heterocycles. The minimum Gasteiger partial charge on any atom is -0.296 e. The molecule has 1 amide bonds. The highest BCUT2D eigenvalue weighted by Crippen LogP contribution is 2.33. The number of amides is 1. The van der Waals surface area contributed by atoms with Crippen molar-refractivity contribution >= 4 is 57.7 Å². The van der Waals surface area contributed by atoms with Gasteiger partial charge in [-0.1, -0.05) is 65.1 Å². The third-order valence-electron chi connectivity index (χ3n) is 3.25. The molecule has 0 saturated heterocycles. The van der Waals surface area contributed by atoms with Gasteiger partial charge >= 0.3 is 0 Å². The molecule has 1 heterocycles. The van der Waals surface area contributed by atoms with Gasteiger partial charge in [0.2, 0.25) is 5.91 Å². The Morgan fingerprint density at radius 2 is 1.76 bits per heavy atom. The lowest BCUT2D eigenvalue weighted by Gasteiger charge is -2.11. The van der Waals surface area contributed by atoms with E-state index in [-0.39, 0.29) is 12.3 Å². The van der Waals surface area contributed by atoms with E-state index in [1.165, 1.54) is 23.5 Å². The first-order valence-corrected chi connectivity index (χ1v) is 9.23. The molecule has 0 spiro atoms. The first-order chi connectivity index (χ1) is 12.0. The van der Waals surface area contributed by atoms with Crippen molar-refractivity contribution in [2.75, 3.05) is 5.43 Å². The minimum absolute atomic E-state index is 0.138. The summed E-state index contributed by atoms with van der Waals surface area (Å²) >= 11 is 19.5. The number of thiazole rings is 1. The molecule has 3 aromatic rings. The van der Waals surface area contributed by atoms with Crippen molar-refractivity contribution in [3.8, 4) is 10.6 Å². The van der Waals surface area contributed by atoms with Gasteiger partial charge in [0.25, 0.3) is 0 Å². The monoisotopic (exact) mass is 411 g/mol. The number of hydrogen-bond acceptors (Lipinski definition) is 4. The van der Waals surface area contributed by atoms with Crippen molar-refractivity contribution in [2.45, 2.75) is 6.42 Å². The highest BCUT2D eigenvalue weighted by molar-refractivity contribution is 7.13. The summed E-state index contributed by atoms with van der Waals surface area (Å²) in [4.78, 5) is 16.6. The van der Waals surface area contributed by atoms with Crippen molar-refractivity contribution < 1.29 is 4.79 Å². The molecule has 8 heteroatoms. The maximum Gasteiger partial charge on any atom is 0.244 e. The Kier molecular flexibility index (Phi) is 5.81. The summed E-state index contributed by atoms with van der Waals surface area (Å²) in [6, 6.07) is 12.9. The third kappa shape index (κ3) is 4.64. The molecule has 0 saturated carbocycles. The molecule has 128 valence electrons. The summed E-state index contributed by atoms with van der Waals surface area (Å²) in [6.07, 6.45) is 0.138. The van der Waals surface area contributed by atoms with Crippen LogP contribution in [0, 0.1) is 0 Å². The van der Waals surface area contributed by atoms with Crippen LogP contribution in [0.3, 0.4) is 0 Å². The first-order valence-electron chi connectivity index (χ1n) is 7.22. The molecule has 0 atom stereocenters. The zero-order chi connectivity index (χ0) is 17.8. The fourth-order valence-electron chi connectivity index (χ4n) is 2.10. The topological polar surface area (TPSA) is 54.0 Å². The summed E-state index contributed by atoms with van der Waals surface area (Å²) in [5.74, 6) is -0.257. The number of aromatic nitrogens is 1. The molecule has 3 rings (SSSR count). The predicted octanol–water partition coefficient (Wildman–Crippen LogP) is 5.46. The molecule has 0 aliphatic carbocycles. The number of nitrogens with one attached hydrogen (secondary N) is 2. The van der Waals surface area contributed by atoms with Crippen molar-refractivity contribution in [3.63, 3.8) is 0 Å². The Balaban J connectivity index is 1.61. The Morgan fingerprint density at radius 3 is 2.44 bits per heavy atom. The number of nitrogens with zero attached hydrogens (tertiary/aromatic N) is 1. The van der Waals surface area contributed by atoms with Gasteiger partial charge in [0.15, 0.2) is 0 Å². The van der Waals surface area contributed by atoms with Crippen molar-refractivity contribution in [1.82, 2.24) is 10.4 Å². The highest BCUT2D eigenvalue weighted by Gasteiger charge is 2.11. The smallest absolute Gasteiger partial charge is 0.244 e. The summed E-state index contributed by atoms with van der Waals surface area (Å²) in [7, 11) is 0. The summed E-state index contributed by atoms with van der Waals surface area (Å²) in [6.45, 7) is 0. The lowest BCUT2D eigenvalue weighted by atomic mass is 10.2. The fraction of sp³-hybridized carbons (Fsp3) is 0.0588. The van der Waals surface area contributed by atoms with Gasteiger partial charge in [0.05, 0.1) is 27.8 Å². The highest BCUT2D eigenvalue weighted by atomic mass is 35.5. The van der Waals surface area contributed by atoms with Crippen LogP contribution >= 0.6 is 46.1 Å². The number of hydrazine groups is 1. The van der Waals surface area contributed by atoms with Gasteiger partial charge in [-0.15, -0.1) is 11.3 Å². The average Bonchev–Trinajstić information content (AvgIpc) is 3.03. The van der Waals surface area contributed by atoms with E-state index in [2.05, 4.69) is 15.8 Å². The summed E-state index contributed by atoms with van der Waals surface area (Å²) < 4.78 is 0.